The van der Waals surface area contributed by atoms with Gasteiger partial charge >= 0.3 is 0 Å². The Hall–Kier alpha value is -0.300. The molecular weight excluding hydrogens is 224 g/mol. The van der Waals surface area contributed by atoms with E-state index in [4.69, 9.17) is 0 Å². The fourth-order valence-electron chi connectivity index (χ4n) is 2.18. The molecule has 0 unspecified atom stereocenters. The molecule has 0 aromatic carbocycles. The topological polar surface area (TPSA) is 0 Å². The molecule has 0 amide bonds. The minimum absolute atomic E-state index is 1.20. The minimum atomic E-state index is 1.20. The summed E-state index contributed by atoms with van der Waals surface area (Å²) in [4.78, 5) is 3.13. The Morgan fingerprint density at radius 1 is 0.765 bits per heavy atom. The molecule has 17 heavy (non-hydrogen) atoms. The first-order chi connectivity index (χ1) is 8.36. The molecule has 0 nitrogen and oxygen atoms in total. The highest BCUT2D eigenvalue weighted by molar-refractivity contribution is 7.11. The largest absolute Gasteiger partial charge is 0.145 e. The van der Waals surface area contributed by atoms with Crippen LogP contribution in [0.2, 0.25) is 0 Å². The number of hydrogen-bond donors (Lipinski definition) is 0. The van der Waals surface area contributed by atoms with Crippen molar-refractivity contribution >= 4 is 11.3 Å². The molecule has 98 valence electrons. The lowest BCUT2D eigenvalue weighted by Crippen LogP contribution is -1.83. The van der Waals surface area contributed by atoms with Crippen LogP contribution in [0.25, 0.3) is 0 Å². The first-order valence-corrected chi connectivity index (χ1v) is 8.26. The molecule has 0 saturated carbocycles. The fraction of sp³-hybridized carbons (Fsp3) is 0.750. The summed E-state index contributed by atoms with van der Waals surface area (Å²) in [7, 11) is 0. The first kappa shape index (κ1) is 14.8. The van der Waals surface area contributed by atoms with Gasteiger partial charge in [-0.15, -0.1) is 11.3 Å². The molecule has 1 heterocycles. The lowest BCUT2D eigenvalue weighted by Gasteiger charge is -2.00. The van der Waals surface area contributed by atoms with E-state index in [2.05, 4.69) is 26.0 Å². The van der Waals surface area contributed by atoms with Gasteiger partial charge in [-0.3, -0.25) is 0 Å². The standard InChI is InChI=1S/C16H28S/c1-3-5-6-7-8-9-10-11-12-16-14-13-15(4-2)17-16/h13-14H,3-12H2,1-2H3. The van der Waals surface area contributed by atoms with Gasteiger partial charge in [-0.2, -0.15) is 0 Å². The number of hydrogen-bond acceptors (Lipinski definition) is 1. The smallest absolute Gasteiger partial charge is 0.00481 e. The zero-order valence-corrected chi connectivity index (χ0v) is 12.5. The molecule has 0 fully saturated rings. The van der Waals surface area contributed by atoms with E-state index in [1.807, 2.05) is 11.3 Å². The van der Waals surface area contributed by atoms with E-state index < -0.39 is 0 Å². The quantitative estimate of drug-likeness (QED) is 0.448. The molecule has 0 aliphatic carbocycles. The normalized spacial score (nSPS) is 10.9. The predicted octanol–water partition coefficient (Wildman–Crippen LogP) is 5.99. The lowest BCUT2D eigenvalue weighted by atomic mass is 10.1. The van der Waals surface area contributed by atoms with Crippen LogP contribution in [0.4, 0.5) is 0 Å². The third-order valence-electron chi connectivity index (χ3n) is 3.34. The Morgan fingerprint density at radius 2 is 1.35 bits per heavy atom. The summed E-state index contributed by atoms with van der Waals surface area (Å²) in [5, 5.41) is 0. The highest BCUT2D eigenvalue weighted by Gasteiger charge is 1.98. The van der Waals surface area contributed by atoms with Gasteiger partial charge in [0.2, 0.25) is 0 Å². The summed E-state index contributed by atoms with van der Waals surface area (Å²) in [6.07, 6.45) is 13.9. The van der Waals surface area contributed by atoms with Gasteiger partial charge in [-0.05, 0) is 31.4 Å². The van der Waals surface area contributed by atoms with E-state index >= 15 is 0 Å². The van der Waals surface area contributed by atoms with Crippen molar-refractivity contribution < 1.29 is 0 Å². The zero-order chi connectivity index (χ0) is 12.3. The Kier molecular flexibility index (Phi) is 8.42. The summed E-state index contributed by atoms with van der Waals surface area (Å²) in [5.41, 5.74) is 0. The molecule has 0 radical (unpaired) electrons. The van der Waals surface area contributed by atoms with Crippen LogP contribution in [-0.4, -0.2) is 0 Å². The summed E-state index contributed by atoms with van der Waals surface area (Å²) >= 11 is 2.01. The lowest BCUT2D eigenvalue weighted by molar-refractivity contribution is 0.576. The van der Waals surface area contributed by atoms with Crippen LogP contribution < -0.4 is 0 Å². The van der Waals surface area contributed by atoms with Crippen LogP contribution in [0, 0.1) is 0 Å². The number of unbranched alkanes of at least 4 members (excludes halogenated alkanes) is 7. The van der Waals surface area contributed by atoms with E-state index in [1.54, 1.807) is 9.75 Å². The van der Waals surface area contributed by atoms with Gasteiger partial charge in [0, 0.05) is 9.75 Å². The Balaban J connectivity index is 1.93. The Labute approximate surface area is 111 Å². The molecule has 0 aliphatic rings. The number of rotatable bonds is 10. The number of aryl methyl sites for hydroxylation is 2. The highest BCUT2D eigenvalue weighted by atomic mass is 32.1. The Morgan fingerprint density at radius 3 is 1.94 bits per heavy atom. The second kappa shape index (κ2) is 9.70. The molecule has 0 bridgehead atoms. The van der Waals surface area contributed by atoms with Crippen LogP contribution in [-0.2, 0) is 12.8 Å². The molecular formula is C16H28S. The van der Waals surface area contributed by atoms with E-state index in [1.165, 1.54) is 64.2 Å². The van der Waals surface area contributed by atoms with Crippen molar-refractivity contribution in [1.82, 2.24) is 0 Å². The van der Waals surface area contributed by atoms with Crippen molar-refractivity contribution in [3.8, 4) is 0 Å². The van der Waals surface area contributed by atoms with Gasteiger partial charge in [0.15, 0.2) is 0 Å². The molecule has 1 heteroatoms. The summed E-state index contributed by atoms with van der Waals surface area (Å²) in [6.45, 7) is 4.53. The van der Waals surface area contributed by atoms with Crippen molar-refractivity contribution in [3.63, 3.8) is 0 Å². The van der Waals surface area contributed by atoms with Crippen LogP contribution in [0.15, 0.2) is 12.1 Å². The fourth-order valence-corrected chi connectivity index (χ4v) is 3.18. The van der Waals surface area contributed by atoms with Crippen molar-refractivity contribution in [3.05, 3.63) is 21.9 Å². The Bertz CT molecular complexity index is 275. The van der Waals surface area contributed by atoms with E-state index in [-0.39, 0.29) is 0 Å². The van der Waals surface area contributed by atoms with Gasteiger partial charge < -0.3 is 0 Å². The van der Waals surface area contributed by atoms with Crippen LogP contribution in [0.3, 0.4) is 0 Å². The number of thiophene rings is 1. The van der Waals surface area contributed by atoms with Gasteiger partial charge in [0.05, 0.1) is 0 Å². The van der Waals surface area contributed by atoms with Crippen LogP contribution in [0.1, 0.15) is 75.0 Å². The maximum absolute atomic E-state index is 2.32. The van der Waals surface area contributed by atoms with Crippen LogP contribution >= 0.6 is 11.3 Å². The zero-order valence-electron chi connectivity index (χ0n) is 11.6. The second-order valence-electron chi connectivity index (χ2n) is 4.95. The molecule has 1 aromatic heterocycles. The van der Waals surface area contributed by atoms with E-state index in [0.717, 1.165) is 0 Å². The maximum Gasteiger partial charge on any atom is 0.00481 e. The third kappa shape index (κ3) is 6.88. The first-order valence-electron chi connectivity index (χ1n) is 7.44. The predicted molar refractivity (Wildman–Crippen MR) is 80.0 cm³/mol. The van der Waals surface area contributed by atoms with Crippen molar-refractivity contribution in [2.45, 2.75) is 78.1 Å². The van der Waals surface area contributed by atoms with Crippen LogP contribution in [0.5, 0.6) is 0 Å². The van der Waals surface area contributed by atoms with E-state index in [9.17, 15) is 0 Å². The van der Waals surface area contributed by atoms with Gasteiger partial charge in [0.1, 0.15) is 0 Å². The second-order valence-corrected chi connectivity index (χ2v) is 6.20. The maximum atomic E-state index is 2.32. The summed E-state index contributed by atoms with van der Waals surface area (Å²) in [5.74, 6) is 0. The SMILES string of the molecule is CCCCCCCCCCc1ccc(CC)s1. The molecule has 0 N–H and O–H groups in total. The minimum Gasteiger partial charge on any atom is -0.145 e. The van der Waals surface area contributed by atoms with Crippen molar-refractivity contribution in [1.29, 1.82) is 0 Å². The third-order valence-corrected chi connectivity index (χ3v) is 4.63. The van der Waals surface area contributed by atoms with Gasteiger partial charge in [-0.1, -0.05) is 58.8 Å². The molecule has 0 atom stereocenters. The van der Waals surface area contributed by atoms with Gasteiger partial charge in [0.25, 0.3) is 0 Å². The monoisotopic (exact) mass is 252 g/mol. The average molecular weight is 252 g/mol. The molecule has 0 spiro atoms. The van der Waals surface area contributed by atoms with Crippen molar-refractivity contribution in [2.75, 3.05) is 0 Å². The summed E-state index contributed by atoms with van der Waals surface area (Å²) < 4.78 is 0. The molecule has 1 aromatic rings. The highest BCUT2D eigenvalue weighted by Crippen LogP contribution is 2.19. The molecule has 0 saturated heterocycles. The van der Waals surface area contributed by atoms with Crippen molar-refractivity contribution in [2.24, 2.45) is 0 Å². The molecule has 0 aliphatic heterocycles. The van der Waals surface area contributed by atoms with E-state index in [0.29, 0.717) is 0 Å². The molecule has 1 rings (SSSR count). The van der Waals surface area contributed by atoms with Gasteiger partial charge in [-0.25, -0.2) is 0 Å². The summed E-state index contributed by atoms with van der Waals surface area (Å²) in [6, 6.07) is 4.62. The average Bonchev–Trinajstić information content (AvgIpc) is 2.80.